The molecule has 2 aromatic heterocycles. The summed E-state index contributed by atoms with van der Waals surface area (Å²) < 4.78 is 10.4. The van der Waals surface area contributed by atoms with Gasteiger partial charge in [-0.3, -0.25) is 0 Å². The third-order valence-electron chi connectivity index (χ3n) is 2.54. The monoisotopic (exact) mass is 234 g/mol. The van der Waals surface area contributed by atoms with E-state index >= 15 is 0 Å². The fraction of sp³-hybridized carbons (Fsp3) is 0.0833. The molecular weight excluding hydrogens is 228 g/mol. The van der Waals surface area contributed by atoms with Crippen molar-refractivity contribution in [2.24, 2.45) is 0 Å². The molecule has 0 saturated heterocycles. The van der Waals surface area contributed by atoms with Crippen LogP contribution in [0.4, 0.5) is 0 Å². The number of alkyl halides is 1. The third kappa shape index (κ3) is 1.32. The highest BCUT2D eigenvalue weighted by Crippen LogP contribution is 2.27. The smallest absolute Gasteiger partial charge is 0.336 e. The molecule has 0 amide bonds. The van der Waals surface area contributed by atoms with E-state index in [-0.39, 0.29) is 5.63 Å². The standard InChI is InChI=1S/C12H7ClO3/c13-5-8-6-15-11-4-10-7(3-9(8)11)1-2-12(14)16-10/h1-4,6H,5H2. The fourth-order valence-electron chi connectivity index (χ4n) is 1.75. The van der Waals surface area contributed by atoms with Crippen LogP contribution in [-0.4, -0.2) is 0 Å². The largest absolute Gasteiger partial charge is 0.464 e. The SMILES string of the molecule is O=c1ccc2cc3c(CCl)coc3cc2o1. The Hall–Kier alpha value is -1.74. The summed E-state index contributed by atoms with van der Waals surface area (Å²) in [5, 5.41) is 1.82. The number of furan rings is 1. The number of halogens is 1. The summed E-state index contributed by atoms with van der Waals surface area (Å²) >= 11 is 5.79. The van der Waals surface area contributed by atoms with Crippen molar-refractivity contribution >= 4 is 33.5 Å². The van der Waals surface area contributed by atoms with Crippen molar-refractivity contribution in [3.05, 3.63) is 46.5 Å². The van der Waals surface area contributed by atoms with Gasteiger partial charge < -0.3 is 8.83 Å². The molecular formula is C12H7ClO3. The van der Waals surface area contributed by atoms with Crippen molar-refractivity contribution in [1.82, 2.24) is 0 Å². The van der Waals surface area contributed by atoms with E-state index in [2.05, 4.69) is 0 Å². The maximum Gasteiger partial charge on any atom is 0.336 e. The minimum Gasteiger partial charge on any atom is -0.464 e. The van der Waals surface area contributed by atoms with Crippen LogP contribution in [0.5, 0.6) is 0 Å². The molecule has 16 heavy (non-hydrogen) atoms. The molecule has 0 saturated carbocycles. The van der Waals surface area contributed by atoms with E-state index in [1.54, 1.807) is 18.4 Å². The van der Waals surface area contributed by atoms with Gasteiger partial charge in [0.05, 0.1) is 12.1 Å². The summed E-state index contributed by atoms with van der Waals surface area (Å²) in [4.78, 5) is 11.1. The van der Waals surface area contributed by atoms with Crippen LogP contribution in [0.2, 0.25) is 0 Å². The summed E-state index contributed by atoms with van der Waals surface area (Å²) in [6.07, 6.45) is 1.62. The molecule has 0 N–H and O–H groups in total. The average Bonchev–Trinajstić information content (AvgIpc) is 2.68. The van der Waals surface area contributed by atoms with Gasteiger partial charge in [-0.15, -0.1) is 11.6 Å². The highest BCUT2D eigenvalue weighted by molar-refractivity contribution is 6.18. The molecule has 4 heteroatoms. The predicted molar refractivity (Wildman–Crippen MR) is 61.8 cm³/mol. The maximum absolute atomic E-state index is 11.1. The van der Waals surface area contributed by atoms with Gasteiger partial charge in [0.15, 0.2) is 0 Å². The van der Waals surface area contributed by atoms with Crippen LogP contribution in [-0.2, 0) is 5.88 Å². The highest BCUT2D eigenvalue weighted by Gasteiger charge is 2.07. The second kappa shape index (κ2) is 3.39. The zero-order valence-electron chi connectivity index (χ0n) is 8.20. The molecule has 0 bridgehead atoms. The lowest BCUT2D eigenvalue weighted by molar-refractivity contribution is 0.559. The molecule has 3 aromatic rings. The van der Waals surface area contributed by atoms with E-state index in [0.29, 0.717) is 17.0 Å². The van der Waals surface area contributed by atoms with Crippen LogP contribution in [0, 0.1) is 0 Å². The Kier molecular flexibility index (Phi) is 2.01. The van der Waals surface area contributed by atoms with Gasteiger partial charge in [-0.1, -0.05) is 0 Å². The molecule has 3 rings (SSSR count). The predicted octanol–water partition coefficient (Wildman–Crippen LogP) is 3.28. The molecule has 0 radical (unpaired) electrons. The Labute approximate surface area is 95.2 Å². The van der Waals surface area contributed by atoms with Crippen molar-refractivity contribution in [1.29, 1.82) is 0 Å². The van der Waals surface area contributed by atoms with Crippen LogP contribution in [0.25, 0.3) is 21.9 Å². The minimum absolute atomic E-state index is 0.365. The number of hydrogen-bond acceptors (Lipinski definition) is 3. The van der Waals surface area contributed by atoms with Gasteiger partial charge in [0.2, 0.25) is 0 Å². The second-order valence-corrected chi connectivity index (χ2v) is 3.80. The zero-order chi connectivity index (χ0) is 11.1. The Balaban J connectivity index is 2.45. The van der Waals surface area contributed by atoms with Crippen LogP contribution >= 0.6 is 11.6 Å². The van der Waals surface area contributed by atoms with Gasteiger partial charge >= 0.3 is 5.63 Å². The Morgan fingerprint density at radius 2 is 2.06 bits per heavy atom. The topological polar surface area (TPSA) is 43.4 Å². The van der Waals surface area contributed by atoms with Crippen molar-refractivity contribution in [3.63, 3.8) is 0 Å². The quantitative estimate of drug-likeness (QED) is 0.479. The van der Waals surface area contributed by atoms with E-state index in [0.717, 1.165) is 16.3 Å². The van der Waals surface area contributed by atoms with Crippen molar-refractivity contribution in [2.75, 3.05) is 0 Å². The van der Waals surface area contributed by atoms with Crippen LogP contribution in [0.3, 0.4) is 0 Å². The molecule has 3 nitrogen and oxygen atoms in total. The molecule has 0 unspecified atom stereocenters. The van der Waals surface area contributed by atoms with E-state index in [1.165, 1.54) is 6.07 Å². The first kappa shape index (κ1) is 9.48. The Morgan fingerprint density at radius 1 is 1.19 bits per heavy atom. The Morgan fingerprint density at radius 3 is 2.88 bits per heavy atom. The lowest BCUT2D eigenvalue weighted by atomic mass is 10.1. The molecule has 0 aliphatic heterocycles. The summed E-state index contributed by atoms with van der Waals surface area (Å²) in [6, 6.07) is 6.75. The molecule has 0 atom stereocenters. The maximum atomic E-state index is 11.1. The molecule has 0 spiro atoms. The van der Waals surface area contributed by atoms with Crippen LogP contribution in [0.15, 0.2) is 44.2 Å². The van der Waals surface area contributed by atoms with Crippen molar-refractivity contribution in [3.8, 4) is 0 Å². The molecule has 1 aromatic carbocycles. The fourth-order valence-corrected chi connectivity index (χ4v) is 1.95. The van der Waals surface area contributed by atoms with E-state index in [1.807, 2.05) is 6.07 Å². The lowest BCUT2D eigenvalue weighted by Gasteiger charge is -1.96. The van der Waals surface area contributed by atoms with Gasteiger partial charge in [0.1, 0.15) is 11.2 Å². The van der Waals surface area contributed by atoms with E-state index in [9.17, 15) is 4.79 Å². The van der Waals surface area contributed by atoms with Gasteiger partial charge in [0, 0.05) is 28.5 Å². The number of hydrogen-bond donors (Lipinski definition) is 0. The van der Waals surface area contributed by atoms with E-state index in [4.69, 9.17) is 20.4 Å². The summed E-state index contributed by atoms with van der Waals surface area (Å²) in [5.41, 5.74) is 1.77. The second-order valence-electron chi connectivity index (χ2n) is 3.54. The first-order chi connectivity index (χ1) is 7.78. The van der Waals surface area contributed by atoms with E-state index < -0.39 is 0 Å². The van der Waals surface area contributed by atoms with Gasteiger partial charge in [-0.25, -0.2) is 4.79 Å². The first-order valence-electron chi connectivity index (χ1n) is 4.78. The molecule has 2 heterocycles. The van der Waals surface area contributed by atoms with Crippen molar-refractivity contribution < 1.29 is 8.83 Å². The molecule has 0 aliphatic rings. The summed E-state index contributed by atoms with van der Waals surface area (Å²) in [7, 11) is 0. The highest BCUT2D eigenvalue weighted by atomic mass is 35.5. The van der Waals surface area contributed by atoms with Gasteiger partial charge in [0.25, 0.3) is 0 Å². The zero-order valence-corrected chi connectivity index (χ0v) is 8.95. The lowest BCUT2D eigenvalue weighted by Crippen LogP contribution is -1.93. The van der Waals surface area contributed by atoms with Gasteiger partial charge in [-0.05, 0) is 12.1 Å². The normalized spacial score (nSPS) is 11.3. The first-order valence-corrected chi connectivity index (χ1v) is 5.31. The van der Waals surface area contributed by atoms with Crippen LogP contribution in [0.1, 0.15) is 5.56 Å². The van der Waals surface area contributed by atoms with Crippen molar-refractivity contribution in [2.45, 2.75) is 5.88 Å². The summed E-state index contributed by atoms with van der Waals surface area (Å²) in [6.45, 7) is 0. The number of rotatable bonds is 1. The average molecular weight is 235 g/mol. The number of benzene rings is 1. The molecule has 0 fully saturated rings. The Bertz CT molecular complexity index is 724. The van der Waals surface area contributed by atoms with Gasteiger partial charge in [-0.2, -0.15) is 0 Å². The third-order valence-corrected chi connectivity index (χ3v) is 2.83. The van der Waals surface area contributed by atoms with Crippen LogP contribution < -0.4 is 5.63 Å². The summed E-state index contributed by atoms with van der Waals surface area (Å²) in [5.74, 6) is 0.398. The molecule has 0 aliphatic carbocycles. The number of fused-ring (bicyclic) bond motifs is 2. The molecule has 80 valence electrons. The minimum atomic E-state index is -0.365.